The lowest BCUT2D eigenvalue weighted by Gasteiger charge is -2.27. The molecule has 4 rings (SSSR count). The number of ether oxygens (including phenoxy) is 5. The quantitative estimate of drug-likeness (QED) is 0.201. The highest BCUT2D eigenvalue weighted by atomic mass is 16.6. The first-order valence-electron chi connectivity index (χ1n) is 13.6. The van der Waals surface area contributed by atoms with E-state index in [1.807, 2.05) is 30.3 Å². The lowest BCUT2D eigenvalue weighted by atomic mass is 10.0. The zero-order chi connectivity index (χ0) is 28.9. The molecule has 0 spiro atoms. The molecule has 2 N–H and O–H groups in total. The minimum absolute atomic E-state index is 0.0735. The van der Waals surface area contributed by atoms with E-state index in [0.717, 1.165) is 10.6 Å². The molecule has 1 atom stereocenters. The molecule has 12 nitrogen and oxygen atoms in total. The van der Waals surface area contributed by atoms with Crippen molar-refractivity contribution in [3.8, 4) is 5.75 Å². The summed E-state index contributed by atoms with van der Waals surface area (Å²) < 4.78 is 27.5. The van der Waals surface area contributed by atoms with E-state index in [9.17, 15) is 19.2 Å². The third-order valence-corrected chi connectivity index (χ3v) is 6.39. The van der Waals surface area contributed by atoms with Gasteiger partial charge in [0.15, 0.2) is 0 Å². The SMILES string of the molecule is O=C1CCC(N2C(=O)c3cccc(NCCOCCOCCOCCOCCOc4ccccc4)c3C2=O)C(=O)N1. The number of carbonyl (C=O) groups is 4. The largest absolute Gasteiger partial charge is 0.491 e. The van der Waals surface area contributed by atoms with Crippen LogP contribution in [0.1, 0.15) is 33.6 Å². The van der Waals surface area contributed by atoms with Gasteiger partial charge in [0, 0.05) is 18.7 Å². The smallest absolute Gasteiger partial charge is 0.264 e. The first kappa shape index (κ1) is 30.1. The summed E-state index contributed by atoms with van der Waals surface area (Å²) in [5.41, 5.74) is 0.932. The van der Waals surface area contributed by atoms with Crippen molar-refractivity contribution in [2.75, 3.05) is 71.3 Å². The molecule has 0 radical (unpaired) electrons. The summed E-state index contributed by atoms with van der Waals surface area (Å²) in [5.74, 6) is -1.32. The van der Waals surface area contributed by atoms with Crippen molar-refractivity contribution >= 4 is 29.3 Å². The Hall–Kier alpha value is -3.84. The maximum absolute atomic E-state index is 13.1. The monoisotopic (exact) mass is 569 g/mol. The predicted octanol–water partition coefficient (Wildman–Crippen LogP) is 1.65. The van der Waals surface area contributed by atoms with Gasteiger partial charge in [-0.15, -0.1) is 0 Å². The molecule has 2 aromatic rings. The Morgan fingerprint density at radius 1 is 0.732 bits per heavy atom. The second-order valence-electron chi connectivity index (χ2n) is 9.21. The molecule has 2 heterocycles. The summed E-state index contributed by atoms with van der Waals surface area (Å²) in [7, 11) is 0. The van der Waals surface area contributed by atoms with Gasteiger partial charge in [0.05, 0.1) is 64.0 Å². The second kappa shape index (κ2) is 15.8. The van der Waals surface area contributed by atoms with Crippen molar-refractivity contribution in [2.45, 2.75) is 18.9 Å². The number of para-hydroxylation sites is 1. The van der Waals surface area contributed by atoms with Gasteiger partial charge in [-0.1, -0.05) is 24.3 Å². The highest BCUT2D eigenvalue weighted by molar-refractivity contribution is 6.25. The molecule has 1 saturated heterocycles. The molecule has 41 heavy (non-hydrogen) atoms. The number of imide groups is 2. The Morgan fingerprint density at radius 3 is 2.02 bits per heavy atom. The molecule has 12 heteroatoms. The number of hydrogen-bond donors (Lipinski definition) is 2. The highest BCUT2D eigenvalue weighted by Crippen LogP contribution is 2.32. The third-order valence-electron chi connectivity index (χ3n) is 6.39. The molecule has 0 saturated carbocycles. The minimum atomic E-state index is -1.000. The molecule has 2 aliphatic heterocycles. The fraction of sp³-hybridized carbons (Fsp3) is 0.448. The lowest BCUT2D eigenvalue weighted by molar-refractivity contribution is -0.136. The number of nitrogens with zero attached hydrogens (tertiary/aromatic N) is 1. The van der Waals surface area contributed by atoms with Gasteiger partial charge in [-0.05, 0) is 30.7 Å². The number of hydrogen-bond acceptors (Lipinski definition) is 10. The molecular weight excluding hydrogens is 534 g/mol. The van der Waals surface area contributed by atoms with Crippen LogP contribution < -0.4 is 15.4 Å². The summed E-state index contributed by atoms with van der Waals surface area (Å²) in [6, 6.07) is 13.5. The summed E-state index contributed by atoms with van der Waals surface area (Å²) in [4.78, 5) is 50.6. The van der Waals surface area contributed by atoms with Crippen LogP contribution in [0.3, 0.4) is 0 Å². The maximum atomic E-state index is 13.1. The Kier molecular flexibility index (Phi) is 11.6. The summed E-state index contributed by atoms with van der Waals surface area (Å²) >= 11 is 0. The van der Waals surface area contributed by atoms with E-state index in [-0.39, 0.29) is 24.0 Å². The Labute approximate surface area is 238 Å². The lowest BCUT2D eigenvalue weighted by Crippen LogP contribution is -2.54. The van der Waals surface area contributed by atoms with Crippen LogP contribution in [0.2, 0.25) is 0 Å². The molecule has 1 unspecified atom stereocenters. The fourth-order valence-corrected chi connectivity index (χ4v) is 4.42. The molecule has 220 valence electrons. The molecule has 0 bridgehead atoms. The van der Waals surface area contributed by atoms with Crippen LogP contribution in [-0.2, 0) is 28.5 Å². The summed E-state index contributed by atoms with van der Waals surface area (Å²) in [6.45, 7) is 4.36. The molecule has 2 aliphatic rings. The van der Waals surface area contributed by atoms with Crippen LogP contribution in [0.25, 0.3) is 0 Å². The van der Waals surface area contributed by atoms with E-state index in [2.05, 4.69) is 10.6 Å². The van der Waals surface area contributed by atoms with Crippen LogP contribution in [0.15, 0.2) is 48.5 Å². The first-order chi connectivity index (χ1) is 20.1. The van der Waals surface area contributed by atoms with E-state index < -0.39 is 29.7 Å². The van der Waals surface area contributed by atoms with Crippen LogP contribution in [-0.4, -0.2) is 101 Å². The average Bonchev–Trinajstić information content (AvgIpc) is 3.23. The van der Waals surface area contributed by atoms with Crippen LogP contribution in [0.4, 0.5) is 5.69 Å². The minimum Gasteiger partial charge on any atom is -0.491 e. The van der Waals surface area contributed by atoms with Crippen LogP contribution in [0.5, 0.6) is 5.75 Å². The van der Waals surface area contributed by atoms with E-state index >= 15 is 0 Å². The first-order valence-corrected chi connectivity index (χ1v) is 13.6. The molecule has 2 aromatic carbocycles. The summed E-state index contributed by atoms with van der Waals surface area (Å²) in [6.07, 6.45) is 0.185. The Bertz CT molecular complexity index is 1190. The normalized spacial score (nSPS) is 16.6. The number of amides is 4. The number of benzene rings is 2. The Balaban J connectivity index is 1.02. The Morgan fingerprint density at radius 2 is 1.37 bits per heavy atom. The van der Waals surface area contributed by atoms with Crippen molar-refractivity contribution < 1.29 is 42.9 Å². The molecular formula is C29H35N3O9. The van der Waals surface area contributed by atoms with Crippen molar-refractivity contribution in [3.05, 3.63) is 59.7 Å². The van der Waals surface area contributed by atoms with Gasteiger partial charge in [-0.25, -0.2) is 0 Å². The number of anilines is 1. The van der Waals surface area contributed by atoms with Gasteiger partial charge in [0.1, 0.15) is 18.4 Å². The van der Waals surface area contributed by atoms with Crippen molar-refractivity contribution in [1.29, 1.82) is 0 Å². The molecule has 1 fully saturated rings. The van der Waals surface area contributed by atoms with Crippen molar-refractivity contribution in [2.24, 2.45) is 0 Å². The van der Waals surface area contributed by atoms with Gasteiger partial charge >= 0.3 is 0 Å². The van der Waals surface area contributed by atoms with Crippen molar-refractivity contribution in [3.63, 3.8) is 0 Å². The highest BCUT2D eigenvalue weighted by Gasteiger charge is 2.45. The number of rotatable bonds is 18. The van der Waals surface area contributed by atoms with Crippen LogP contribution >= 0.6 is 0 Å². The van der Waals surface area contributed by atoms with E-state index in [1.54, 1.807) is 18.2 Å². The third kappa shape index (κ3) is 8.57. The number of nitrogens with one attached hydrogen (secondary N) is 2. The second-order valence-corrected chi connectivity index (χ2v) is 9.21. The topological polar surface area (TPSA) is 142 Å². The zero-order valence-corrected chi connectivity index (χ0v) is 22.8. The van der Waals surface area contributed by atoms with Gasteiger partial charge in [0.2, 0.25) is 11.8 Å². The van der Waals surface area contributed by atoms with Crippen LogP contribution in [0, 0.1) is 0 Å². The van der Waals surface area contributed by atoms with Crippen molar-refractivity contribution in [1.82, 2.24) is 10.2 Å². The van der Waals surface area contributed by atoms with Gasteiger partial charge in [0.25, 0.3) is 11.8 Å². The molecule has 4 amide bonds. The average molecular weight is 570 g/mol. The molecule has 0 aromatic heterocycles. The van der Waals surface area contributed by atoms with E-state index in [0.29, 0.717) is 71.7 Å². The standard InChI is InChI=1S/C29H35N3O9/c33-25-10-9-24(27(34)31-25)32-28(35)22-7-4-8-23(26(22)29(32)36)30-11-12-37-13-14-38-15-16-39-17-18-40-19-20-41-21-5-2-1-3-6-21/h1-8,24,30H,9-20H2,(H,31,33,34). The fourth-order valence-electron chi connectivity index (χ4n) is 4.42. The number of fused-ring (bicyclic) bond motifs is 1. The number of piperidine rings is 1. The maximum Gasteiger partial charge on any atom is 0.264 e. The summed E-state index contributed by atoms with van der Waals surface area (Å²) in [5, 5.41) is 5.32. The predicted molar refractivity (Wildman–Crippen MR) is 147 cm³/mol. The van der Waals surface area contributed by atoms with Gasteiger partial charge in [-0.3, -0.25) is 29.4 Å². The zero-order valence-electron chi connectivity index (χ0n) is 22.8. The van der Waals surface area contributed by atoms with Gasteiger partial charge < -0.3 is 29.0 Å². The van der Waals surface area contributed by atoms with Gasteiger partial charge in [-0.2, -0.15) is 0 Å². The number of carbonyl (C=O) groups excluding carboxylic acids is 4. The molecule has 0 aliphatic carbocycles. The van der Waals surface area contributed by atoms with E-state index in [1.165, 1.54) is 0 Å². The van der Waals surface area contributed by atoms with E-state index in [4.69, 9.17) is 23.7 Å².